The third-order valence-electron chi connectivity index (χ3n) is 7.82. The van der Waals surface area contributed by atoms with Gasteiger partial charge in [-0.3, -0.25) is 0 Å². The zero-order valence-corrected chi connectivity index (χ0v) is 19.8. The standard InChI is InChI=1S/C27H42O4/c1-17(8-6-12-26(3,4)31)22-16-24(30)25-19(9-7-13-27(22,25)5)10-11-20-14-21(28)15-23(29)18(20)2/h10-11,16-17,21,23-25,28-31H,2,6-9,12-15H2,1,3-5H3/b19-10+,20-11-/t17-,21-,23+,24+,25-,27-/m1/s1. The lowest BCUT2D eigenvalue weighted by Crippen LogP contribution is -2.36. The molecule has 2 fully saturated rings. The minimum Gasteiger partial charge on any atom is -0.393 e. The minimum absolute atomic E-state index is 0.0429. The number of hydrogen-bond donors (Lipinski definition) is 4. The second kappa shape index (κ2) is 9.35. The molecule has 0 saturated heterocycles. The molecule has 0 aliphatic heterocycles. The molecule has 0 aromatic heterocycles. The summed E-state index contributed by atoms with van der Waals surface area (Å²) in [5.74, 6) is 0.463. The van der Waals surface area contributed by atoms with Crippen LogP contribution < -0.4 is 0 Å². The van der Waals surface area contributed by atoms with Crippen molar-refractivity contribution in [3.05, 3.63) is 47.1 Å². The van der Waals surface area contributed by atoms with Crippen LogP contribution in [0.15, 0.2) is 47.1 Å². The van der Waals surface area contributed by atoms with Gasteiger partial charge >= 0.3 is 0 Å². The maximum Gasteiger partial charge on any atom is 0.0811 e. The van der Waals surface area contributed by atoms with Crippen molar-refractivity contribution in [2.75, 3.05) is 0 Å². The molecule has 0 spiro atoms. The summed E-state index contributed by atoms with van der Waals surface area (Å²) < 4.78 is 0. The van der Waals surface area contributed by atoms with Crippen molar-refractivity contribution >= 4 is 0 Å². The van der Waals surface area contributed by atoms with Crippen molar-refractivity contribution in [1.82, 2.24) is 0 Å². The Labute approximate surface area is 188 Å². The van der Waals surface area contributed by atoms with E-state index in [1.165, 1.54) is 11.1 Å². The van der Waals surface area contributed by atoms with Crippen LogP contribution >= 0.6 is 0 Å². The van der Waals surface area contributed by atoms with Crippen molar-refractivity contribution in [2.24, 2.45) is 17.3 Å². The fraction of sp³-hybridized carbons (Fsp3) is 0.704. The summed E-state index contributed by atoms with van der Waals surface area (Å²) in [4.78, 5) is 0. The molecule has 4 heteroatoms. The Morgan fingerprint density at radius 1 is 1.26 bits per heavy atom. The van der Waals surface area contributed by atoms with Crippen LogP contribution in [0.25, 0.3) is 0 Å². The molecular weight excluding hydrogens is 388 g/mol. The van der Waals surface area contributed by atoms with E-state index in [1.807, 2.05) is 19.9 Å². The fourth-order valence-electron chi connectivity index (χ4n) is 6.15. The monoisotopic (exact) mass is 430 g/mol. The number of rotatable bonds is 6. The first-order valence-corrected chi connectivity index (χ1v) is 12.0. The quantitative estimate of drug-likeness (QED) is 0.465. The molecule has 0 amide bonds. The fourth-order valence-corrected chi connectivity index (χ4v) is 6.15. The Hall–Kier alpha value is -1.20. The van der Waals surface area contributed by atoms with Crippen LogP contribution in [-0.4, -0.2) is 44.3 Å². The van der Waals surface area contributed by atoms with Crippen molar-refractivity contribution in [2.45, 2.75) is 103 Å². The predicted molar refractivity (Wildman–Crippen MR) is 125 cm³/mol. The number of fused-ring (bicyclic) bond motifs is 1. The summed E-state index contributed by atoms with van der Waals surface area (Å²) in [5, 5.41) is 41.2. The summed E-state index contributed by atoms with van der Waals surface area (Å²) >= 11 is 0. The van der Waals surface area contributed by atoms with Crippen LogP contribution in [-0.2, 0) is 0 Å². The topological polar surface area (TPSA) is 80.9 Å². The Morgan fingerprint density at radius 3 is 2.65 bits per heavy atom. The maximum absolute atomic E-state index is 11.0. The number of allylic oxidation sites excluding steroid dienone is 3. The lowest BCUT2D eigenvalue weighted by molar-refractivity contribution is 0.0667. The normalized spacial score (nSPS) is 37.8. The van der Waals surface area contributed by atoms with Gasteiger partial charge < -0.3 is 20.4 Å². The summed E-state index contributed by atoms with van der Waals surface area (Å²) in [6.07, 6.45) is 11.3. The van der Waals surface area contributed by atoms with Gasteiger partial charge in [0.1, 0.15) is 0 Å². The highest BCUT2D eigenvalue weighted by atomic mass is 16.3. The van der Waals surface area contributed by atoms with Crippen LogP contribution in [0.2, 0.25) is 0 Å². The molecule has 4 N–H and O–H groups in total. The molecule has 174 valence electrons. The van der Waals surface area contributed by atoms with E-state index in [9.17, 15) is 20.4 Å². The van der Waals surface area contributed by atoms with Crippen molar-refractivity contribution in [3.63, 3.8) is 0 Å². The van der Waals surface area contributed by atoms with Crippen LogP contribution in [0.1, 0.15) is 79.1 Å². The first-order valence-electron chi connectivity index (χ1n) is 12.0. The first-order chi connectivity index (χ1) is 14.4. The molecule has 4 nitrogen and oxygen atoms in total. The Balaban J connectivity index is 1.77. The van der Waals surface area contributed by atoms with Crippen molar-refractivity contribution < 1.29 is 20.4 Å². The van der Waals surface area contributed by atoms with E-state index < -0.39 is 23.9 Å². The van der Waals surface area contributed by atoms with Crippen molar-refractivity contribution in [1.29, 1.82) is 0 Å². The molecule has 0 aromatic carbocycles. The third-order valence-corrected chi connectivity index (χ3v) is 7.82. The zero-order valence-electron chi connectivity index (χ0n) is 19.8. The molecule has 0 bridgehead atoms. The highest BCUT2D eigenvalue weighted by Crippen LogP contribution is 2.57. The van der Waals surface area contributed by atoms with Gasteiger partial charge in [0.25, 0.3) is 0 Å². The summed E-state index contributed by atoms with van der Waals surface area (Å²) in [7, 11) is 0. The molecule has 0 unspecified atom stereocenters. The number of aliphatic hydroxyl groups is 4. The van der Waals surface area contributed by atoms with E-state index in [1.54, 1.807) is 0 Å². The molecule has 2 saturated carbocycles. The van der Waals surface area contributed by atoms with Crippen molar-refractivity contribution in [3.8, 4) is 0 Å². The average Bonchev–Trinajstić information content (AvgIpc) is 2.93. The summed E-state index contributed by atoms with van der Waals surface area (Å²) in [5.41, 5.74) is 3.56. The SMILES string of the molecule is C=C1/C(=C\C=C2/CCC[C@]3(C)C([C@H](C)CCCC(C)(C)O)=C[C@H](O)[C@@H]23)C[C@@H](O)C[C@@H]1O. The van der Waals surface area contributed by atoms with E-state index in [-0.39, 0.29) is 11.3 Å². The van der Waals surface area contributed by atoms with Gasteiger partial charge in [-0.1, -0.05) is 56.2 Å². The van der Waals surface area contributed by atoms with Crippen LogP contribution in [0, 0.1) is 17.3 Å². The van der Waals surface area contributed by atoms with Gasteiger partial charge in [0.15, 0.2) is 0 Å². The zero-order chi connectivity index (χ0) is 23.0. The average molecular weight is 431 g/mol. The van der Waals surface area contributed by atoms with Gasteiger partial charge in [-0.05, 0) is 74.9 Å². The molecular formula is C27H42O4. The molecule has 3 aliphatic rings. The first kappa shape index (κ1) is 24.4. The third kappa shape index (κ3) is 5.42. The van der Waals surface area contributed by atoms with Gasteiger partial charge in [-0.15, -0.1) is 0 Å². The Morgan fingerprint density at radius 2 is 1.97 bits per heavy atom. The van der Waals surface area contributed by atoms with Gasteiger partial charge in [0.2, 0.25) is 0 Å². The van der Waals surface area contributed by atoms with E-state index in [2.05, 4.69) is 32.6 Å². The highest BCUT2D eigenvalue weighted by molar-refractivity contribution is 5.41. The second-order valence-corrected chi connectivity index (χ2v) is 11.0. The molecule has 0 radical (unpaired) electrons. The highest BCUT2D eigenvalue weighted by Gasteiger charge is 2.50. The molecule has 3 aliphatic carbocycles. The summed E-state index contributed by atoms with van der Waals surface area (Å²) in [6.45, 7) is 12.3. The van der Waals surface area contributed by atoms with E-state index in [0.717, 1.165) is 44.1 Å². The Kier molecular flexibility index (Phi) is 7.37. The van der Waals surface area contributed by atoms with Crippen LogP contribution in [0.3, 0.4) is 0 Å². The molecule has 31 heavy (non-hydrogen) atoms. The minimum atomic E-state index is -0.680. The Bertz CT molecular complexity index is 769. The maximum atomic E-state index is 11.0. The van der Waals surface area contributed by atoms with Gasteiger partial charge in [0, 0.05) is 12.3 Å². The van der Waals surface area contributed by atoms with Gasteiger partial charge in [-0.2, -0.15) is 0 Å². The largest absolute Gasteiger partial charge is 0.393 e. The summed E-state index contributed by atoms with van der Waals surface area (Å²) in [6, 6.07) is 0. The van der Waals surface area contributed by atoms with Gasteiger partial charge in [0.05, 0.1) is 23.9 Å². The second-order valence-electron chi connectivity index (χ2n) is 11.0. The van der Waals surface area contributed by atoms with Gasteiger partial charge in [-0.25, -0.2) is 0 Å². The lowest BCUT2D eigenvalue weighted by Gasteiger charge is -2.43. The van der Waals surface area contributed by atoms with Crippen LogP contribution in [0.4, 0.5) is 0 Å². The van der Waals surface area contributed by atoms with Crippen LogP contribution in [0.5, 0.6) is 0 Å². The van der Waals surface area contributed by atoms with E-state index in [4.69, 9.17) is 0 Å². The predicted octanol–water partition coefficient (Wildman–Crippen LogP) is 4.60. The smallest absolute Gasteiger partial charge is 0.0811 e. The lowest BCUT2D eigenvalue weighted by atomic mass is 9.61. The molecule has 3 rings (SSSR count). The molecule has 0 heterocycles. The van der Waals surface area contributed by atoms with E-state index in [0.29, 0.717) is 24.3 Å². The molecule has 0 aromatic rings. The number of hydrogen-bond acceptors (Lipinski definition) is 4. The molecule has 6 atom stereocenters. The number of aliphatic hydroxyl groups excluding tert-OH is 3. The van der Waals surface area contributed by atoms with E-state index >= 15 is 0 Å².